The summed E-state index contributed by atoms with van der Waals surface area (Å²) in [6, 6.07) is 16.3. The Morgan fingerprint density at radius 1 is 1.00 bits per heavy atom. The first-order valence-corrected chi connectivity index (χ1v) is 7.17. The number of rotatable bonds is 3. The topological polar surface area (TPSA) is 22.1 Å². The molecule has 19 heavy (non-hydrogen) atoms. The van der Waals surface area contributed by atoms with Crippen molar-refractivity contribution in [3.8, 4) is 16.3 Å². The van der Waals surface area contributed by atoms with Crippen LogP contribution in [0.3, 0.4) is 0 Å². The van der Waals surface area contributed by atoms with E-state index in [-0.39, 0.29) is 6.10 Å². The molecule has 1 heterocycles. The molecule has 2 nitrogen and oxygen atoms in total. The molecule has 0 N–H and O–H groups in total. The maximum absolute atomic E-state index is 5.86. The molecule has 0 aliphatic heterocycles. The monoisotopic (exact) mass is 269 g/mol. The Balaban J connectivity index is 2.10. The van der Waals surface area contributed by atoms with E-state index in [1.54, 1.807) is 11.3 Å². The fraction of sp³-hybridized carbons (Fsp3) is 0.188. The molecule has 0 radical (unpaired) electrons. The van der Waals surface area contributed by atoms with E-state index in [0.717, 1.165) is 21.8 Å². The van der Waals surface area contributed by atoms with E-state index in [1.807, 2.05) is 50.2 Å². The number of ether oxygens (including phenoxy) is 1. The molecule has 96 valence electrons. The summed E-state index contributed by atoms with van der Waals surface area (Å²) in [6.45, 7) is 4.07. The van der Waals surface area contributed by atoms with Gasteiger partial charge in [-0.3, -0.25) is 0 Å². The second kappa shape index (κ2) is 5.02. The van der Waals surface area contributed by atoms with E-state index in [0.29, 0.717) is 0 Å². The van der Waals surface area contributed by atoms with Crippen LogP contribution in [-0.2, 0) is 0 Å². The molecule has 0 atom stereocenters. The molecule has 0 bridgehead atoms. The summed E-state index contributed by atoms with van der Waals surface area (Å²) in [5.74, 6) is 0.900. The summed E-state index contributed by atoms with van der Waals surface area (Å²) in [6.07, 6.45) is 0.163. The summed E-state index contributed by atoms with van der Waals surface area (Å²) in [4.78, 5) is 4.69. The van der Waals surface area contributed by atoms with Crippen LogP contribution < -0.4 is 4.74 Å². The van der Waals surface area contributed by atoms with E-state index in [2.05, 4.69) is 17.1 Å². The lowest BCUT2D eigenvalue weighted by molar-refractivity contribution is 0.243. The van der Waals surface area contributed by atoms with Crippen molar-refractivity contribution in [3.63, 3.8) is 0 Å². The first kappa shape index (κ1) is 12.2. The average molecular weight is 269 g/mol. The number of hydrogen-bond acceptors (Lipinski definition) is 3. The third-order valence-electron chi connectivity index (χ3n) is 2.77. The fourth-order valence-corrected chi connectivity index (χ4v) is 2.98. The van der Waals surface area contributed by atoms with Crippen LogP contribution in [0.15, 0.2) is 48.5 Å². The van der Waals surface area contributed by atoms with Gasteiger partial charge >= 0.3 is 0 Å². The summed E-state index contributed by atoms with van der Waals surface area (Å²) in [5, 5.41) is 1.01. The van der Waals surface area contributed by atoms with Crippen LogP contribution in [-0.4, -0.2) is 11.1 Å². The lowest BCUT2D eigenvalue weighted by atomic mass is 10.2. The second-order valence-electron chi connectivity index (χ2n) is 4.65. The van der Waals surface area contributed by atoms with Gasteiger partial charge in [-0.15, -0.1) is 11.3 Å². The highest BCUT2D eigenvalue weighted by Crippen LogP contribution is 2.35. The number of benzene rings is 2. The van der Waals surface area contributed by atoms with Crippen molar-refractivity contribution in [2.24, 2.45) is 0 Å². The van der Waals surface area contributed by atoms with Crippen LogP contribution in [0.2, 0.25) is 0 Å². The molecule has 0 fully saturated rings. The predicted molar refractivity (Wildman–Crippen MR) is 80.8 cm³/mol. The molecule has 2 aromatic carbocycles. The number of nitrogens with zero attached hydrogens (tertiary/aromatic N) is 1. The van der Waals surface area contributed by atoms with Crippen molar-refractivity contribution >= 4 is 21.6 Å². The molecular weight excluding hydrogens is 254 g/mol. The van der Waals surface area contributed by atoms with Gasteiger partial charge in [0.05, 0.1) is 21.9 Å². The van der Waals surface area contributed by atoms with Gasteiger partial charge in [-0.05, 0) is 38.1 Å². The van der Waals surface area contributed by atoms with Crippen LogP contribution in [0.25, 0.3) is 20.8 Å². The number of aromatic nitrogens is 1. The smallest absolute Gasteiger partial charge is 0.129 e. The zero-order valence-corrected chi connectivity index (χ0v) is 11.8. The Morgan fingerprint density at radius 3 is 2.53 bits per heavy atom. The highest BCUT2D eigenvalue weighted by atomic mass is 32.1. The van der Waals surface area contributed by atoms with Crippen molar-refractivity contribution in [1.82, 2.24) is 4.98 Å². The Hall–Kier alpha value is -1.87. The van der Waals surface area contributed by atoms with Crippen molar-refractivity contribution in [3.05, 3.63) is 48.5 Å². The minimum Gasteiger partial charge on any atom is -0.490 e. The Morgan fingerprint density at radius 2 is 1.74 bits per heavy atom. The van der Waals surface area contributed by atoms with Gasteiger partial charge < -0.3 is 4.74 Å². The Bertz CT molecular complexity index is 670. The lowest BCUT2D eigenvalue weighted by Crippen LogP contribution is -2.06. The van der Waals surface area contributed by atoms with Gasteiger partial charge in [0.1, 0.15) is 10.8 Å². The maximum Gasteiger partial charge on any atom is 0.129 e. The lowest BCUT2D eigenvalue weighted by Gasteiger charge is -2.12. The first-order chi connectivity index (χ1) is 9.24. The summed E-state index contributed by atoms with van der Waals surface area (Å²) < 4.78 is 7.07. The minimum absolute atomic E-state index is 0.163. The predicted octanol–water partition coefficient (Wildman–Crippen LogP) is 4.75. The maximum atomic E-state index is 5.86. The number of thiazole rings is 1. The standard InChI is InChI=1S/C16H15NOS/c1-11(2)18-14-9-5-3-7-12(14)16-17-13-8-4-6-10-15(13)19-16/h3-11H,1-2H3. The van der Waals surface area contributed by atoms with E-state index >= 15 is 0 Å². The van der Waals surface area contributed by atoms with Crippen LogP contribution in [0.1, 0.15) is 13.8 Å². The molecule has 0 amide bonds. The van der Waals surface area contributed by atoms with Crippen LogP contribution in [0.4, 0.5) is 0 Å². The van der Waals surface area contributed by atoms with Crippen LogP contribution >= 0.6 is 11.3 Å². The van der Waals surface area contributed by atoms with E-state index in [9.17, 15) is 0 Å². The first-order valence-electron chi connectivity index (χ1n) is 6.35. The summed E-state index contributed by atoms with van der Waals surface area (Å²) in [7, 11) is 0. The number of fused-ring (bicyclic) bond motifs is 1. The molecule has 0 aliphatic rings. The molecule has 3 heteroatoms. The van der Waals surface area contributed by atoms with Crippen LogP contribution in [0.5, 0.6) is 5.75 Å². The molecule has 0 spiro atoms. The van der Waals surface area contributed by atoms with Gasteiger partial charge in [-0.2, -0.15) is 0 Å². The normalized spacial score (nSPS) is 11.1. The molecule has 3 aromatic rings. The number of hydrogen-bond donors (Lipinski definition) is 0. The van der Waals surface area contributed by atoms with Gasteiger partial charge in [0.2, 0.25) is 0 Å². The second-order valence-corrected chi connectivity index (χ2v) is 5.68. The van der Waals surface area contributed by atoms with Crippen molar-refractivity contribution in [1.29, 1.82) is 0 Å². The number of para-hydroxylation sites is 2. The molecule has 1 aromatic heterocycles. The zero-order chi connectivity index (χ0) is 13.2. The van der Waals surface area contributed by atoms with Crippen molar-refractivity contribution < 1.29 is 4.74 Å². The van der Waals surface area contributed by atoms with E-state index in [4.69, 9.17) is 4.74 Å². The molecule has 0 saturated carbocycles. The van der Waals surface area contributed by atoms with Gasteiger partial charge in [0.15, 0.2) is 0 Å². The average Bonchev–Trinajstić information content (AvgIpc) is 2.82. The molecule has 0 aliphatic carbocycles. The Kier molecular flexibility index (Phi) is 3.22. The minimum atomic E-state index is 0.163. The molecular formula is C16H15NOS. The van der Waals surface area contributed by atoms with Gasteiger partial charge in [0, 0.05) is 0 Å². The largest absolute Gasteiger partial charge is 0.490 e. The molecule has 3 rings (SSSR count). The Labute approximate surface area is 116 Å². The molecule has 0 saturated heterocycles. The van der Waals surface area contributed by atoms with Gasteiger partial charge in [-0.1, -0.05) is 24.3 Å². The molecule has 0 unspecified atom stereocenters. The van der Waals surface area contributed by atoms with Crippen LogP contribution in [0, 0.1) is 0 Å². The summed E-state index contributed by atoms with van der Waals surface area (Å²) >= 11 is 1.70. The van der Waals surface area contributed by atoms with Gasteiger partial charge in [-0.25, -0.2) is 4.98 Å². The third-order valence-corrected chi connectivity index (χ3v) is 3.84. The third kappa shape index (κ3) is 2.47. The van der Waals surface area contributed by atoms with E-state index < -0.39 is 0 Å². The summed E-state index contributed by atoms with van der Waals surface area (Å²) in [5.41, 5.74) is 2.11. The quantitative estimate of drug-likeness (QED) is 0.684. The van der Waals surface area contributed by atoms with E-state index in [1.165, 1.54) is 4.70 Å². The highest BCUT2D eigenvalue weighted by Gasteiger charge is 2.11. The highest BCUT2D eigenvalue weighted by molar-refractivity contribution is 7.21. The fourth-order valence-electron chi connectivity index (χ4n) is 1.99. The SMILES string of the molecule is CC(C)Oc1ccccc1-c1nc2ccccc2s1. The zero-order valence-electron chi connectivity index (χ0n) is 11.0. The van der Waals surface area contributed by atoms with Crippen molar-refractivity contribution in [2.75, 3.05) is 0 Å². The van der Waals surface area contributed by atoms with Gasteiger partial charge in [0.25, 0.3) is 0 Å². The van der Waals surface area contributed by atoms with Crippen molar-refractivity contribution in [2.45, 2.75) is 20.0 Å².